The smallest absolute Gasteiger partial charge is 0.266 e. The monoisotopic (exact) mass is 479 g/mol. The molecule has 0 aliphatic heterocycles. The molecule has 0 unspecified atom stereocenters. The minimum absolute atomic E-state index is 0.0504. The van der Waals surface area contributed by atoms with Crippen LogP contribution in [0.25, 0.3) is 16.6 Å². The second-order valence-electron chi connectivity index (χ2n) is 7.79. The molecular formula is C26H23F2N3O2S. The molecule has 0 fully saturated rings. The van der Waals surface area contributed by atoms with Crippen LogP contribution in [0.4, 0.5) is 14.5 Å². The molecule has 0 saturated carbocycles. The average molecular weight is 480 g/mol. The summed E-state index contributed by atoms with van der Waals surface area (Å²) in [5.41, 5.74) is 1.67. The van der Waals surface area contributed by atoms with Gasteiger partial charge in [0.2, 0.25) is 5.91 Å². The van der Waals surface area contributed by atoms with Crippen LogP contribution in [0.15, 0.2) is 76.7 Å². The number of nitrogens with one attached hydrogen (secondary N) is 1. The summed E-state index contributed by atoms with van der Waals surface area (Å²) in [4.78, 5) is 30.2. The summed E-state index contributed by atoms with van der Waals surface area (Å²) in [6, 6.07) is 17.3. The minimum Gasteiger partial charge on any atom is -0.325 e. The van der Waals surface area contributed by atoms with Gasteiger partial charge in [-0.15, -0.1) is 0 Å². The molecule has 0 aliphatic rings. The topological polar surface area (TPSA) is 64.0 Å². The Morgan fingerprint density at radius 3 is 2.56 bits per heavy atom. The number of halogens is 2. The van der Waals surface area contributed by atoms with Gasteiger partial charge in [0.05, 0.1) is 22.3 Å². The first kappa shape index (κ1) is 23.6. The van der Waals surface area contributed by atoms with Gasteiger partial charge >= 0.3 is 0 Å². The van der Waals surface area contributed by atoms with Gasteiger partial charge in [0, 0.05) is 11.8 Å². The summed E-state index contributed by atoms with van der Waals surface area (Å²) < 4.78 is 29.1. The van der Waals surface area contributed by atoms with Gasteiger partial charge < -0.3 is 5.32 Å². The molecule has 34 heavy (non-hydrogen) atoms. The summed E-state index contributed by atoms with van der Waals surface area (Å²) >= 11 is 1.00. The van der Waals surface area contributed by atoms with Crippen LogP contribution in [0, 0.1) is 11.6 Å². The normalized spacial score (nSPS) is 11.0. The van der Waals surface area contributed by atoms with Gasteiger partial charge in [0.25, 0.3) is 5.56 Å². The van der Waals surface area contributed by atoms with E-state index in [0.717, 1.165) is 41.7 Å². The molecule has 0 spiro atoms. The quantitative estimate of drug-likeness (QED) is 0.259. The zero-order valence-corrected chi connectivity index (χ0v) is 19.4. The molecule has 4 aromatic rings. The van der Waals surface area contributed by atoms with Crippen LogP contribution in [0.5, 0.6) is 0 Å². The Balaban J connectivity index is 1.58. The second kappa shape index (κ2) is 10.6. The number of hydrogen-bond acceptors (Lipinski definition) is 4. The number of fused-ring (bicyclic) bond motifs is 1. The molecule has 1 amide bonds. The molecule has 4 rings (SSSR count). The molecule has 174 valence electrons. The zero-order valence-electron chi connectivity index (χ0n) is 18.6. The van der Waals surface area contributed by atoms with E-state index in [9.17, 15) is 18.4 Å². The highest BCUT2D eigenvalue weighted by molar-refractivity contribution is 7.99. The molecular weight excluding hydrogens is 456 g/mol. The maximum Gasteiger partial charge on any atom is 0.266 e. The van der Waals surface area contributed by atoms with E-state index in [2.05, 4.69) is 17.2 Å². The van der Waals surface area contributed by atoms with Crippen LogP contribution >= 0.6 is 11.8 Å². The van der Waals surface area contributed by atoms with Crippen molar-refractivity contribution >= 4 is 34.3 Å². The lowest BCUT2D eigenvalue weighted by molar-refractivity contribution is -0.113. The van der Waals surface area contributed by atoms with Gasteiger partial charge in [-0.25, -0.2) is 13.8 Å². The number of amides is 1. The molecule has 0 radical (unpaired) electrons. The van der Waals surface area contributed by atoms with Gasteiger partial charge in [-0.3, -0.25) is 14.2 Å². The van der Waals surface area contributed by atoms with Crippen molar-refractivity contribution in [1.29, 1.82) is 0 Å². The number of unbranched alkanes of at least 4 members (excludes halogenated alkanes) is 1. The highest BCUT2D eigenvalue weighted by Crippen LogP contribution is 2.24. The van der Waals surface area contributed by atoms with Crippen molar-refractivity contribution in [3.05, 3.63) is 94.3 Å². The first-order valence-electron chi connectivity index (χ1n) is 10.9. The van der Waals surface area contributed by atoms with Crippen LogP contribution in [-0.2, 0) is 11.2 Å². The van der Waals surface area contributed by atoms with Gasteiger partial charge in [-0.1, -0.05) is 49.4 Å². The number of hydrogen-bond donors (Lipinski definition) is 1. The van der Waals surface area contributed by atoms with Gasteiger partial charge in [-0.2, -0.15) is 0 Å². The maximum absolute atomic E-state index is 14.6. The van der Waals surface area contributed by atoms with Crippen molar-refractivity contribution in [1.82, 2.24) is 9.55 Å². The molecule has 0 bridgehead atoms. The van der Waals surface area contributed by atoms with E-state index < -0.39 is 17.2 Å². The molecule has 1 heterocycles. The van der Waals surface area contributed by atoms with Crippen LogP contribution in [0.1, 0.15) is 25.3 Å². The Hall–Kier alpha value is -3.52. The predicted octanol–water partition coefficient (Wildman–Crippen LogP) is 5.74. The Morgan fingerprint density at radius 2 is 1.82 bits per heavy atom. The molecule has 0 saturated heterocycles. The summed E-state index contributed by atoms with van der Waals surface area (Å²) in [6.45, 7) is 2.14. The first-order chi connectivity index (χ1) is 16.5. The lowest BCUT2D eigenvalue weighted by Crippen LogP contribution is -2.23. The molecule has 1 aromatic heterocycles. The Labute approximate surface area is 199 Å². The number of benzene rings is 3. The number of aryl methyl sites for hydroxylation is 1. The SMILES string of the molecule is CCCCc1ccc(NC(=O)CSc2nc3ccccc3c(=O)n2-c2ccc(F)cc2F)cc1. The summed E-state index contributed by atoms with van der Waals surface area (Å²) in [6.07, 6.45) is 3.22. The molecule has 0 aliphatic carbocycles. The van der Waals surface area contributed by atoms with E-state index in [1.807, 2.05) is 24.3 Å². The number of rotatable bonds is 8. The van der Waals surface area contributed by atoms with Crippen molar-refractivity contribution in [3.8, 4) is 5.69 Å². The van der Waals surface area contributed by atoms with Gasteiger partial charge in [0.15, 0.2) is 5.16 Å². The fourth-order valence-electron chi connectivity index (χ4n) is 3.55. The number of carbonyl (C=O) groups is 1. The first-order valence-corrected chi connectivity index (χ1v) is 11.9. The van der Waals surface area contributed by atoms with Crippen LogP contribution in [0.3, 0.4) is 0 Å². The summed E-state index contributed by atoms with van der Waals surface area (Å²) in [5.74, 6) is -1.99. The Kier molecular flexibility index (Phi) is 7.37. The fourth-order valence-corrected chi connectivity index (χ4v) is 4.35. The van der Waals surface area contributed by atoms with E-state index in [1.165, 1.54) is 11.6 Å². The van der Waals surface area contributed by atoms with Crippen molar-refractivity contribution in [2.45, 2.75) is 31.3 Å². The molecule has 0 atom stereocenters. The van der Waals surface area contributed by atoms with Gasteiger partial charge in [0.1, 0.15) is 11.6 Å². The van der Waals surface area contributed by atoms with E-state index in [1.54, 1.807) is 24.3 Å². The predicted molar refractivity (Wildman–Crippen MR) is 132 cm³/mol. The second-order valence-corrected chi connectivity index (χ2v) is 8.73. The van der Waals surface area contributed by atoms with Crippen LogP contribution in [-0.4, -0.2) is 21.2 Å². The van der Waals surface area contributed by atoms with E-state index in [4.69, 9.17) is 0 Å². The van der Waals surface area contributed by atoms with Gasteiger partial charge in [-0.05, 0) is 54.8 Å². The highest BCUT2D eigenvalue weighted by atomic mass is 32.2. The van der Waals surface area contributed by atoms with Crippen molar-refractivity contribution in [3.63, 3.8) is 0 Å². The average Bonchev–Trinajstić information content (AvgIpc) is 2.83. The fraction of sp³-hybridized carbons (Fsp3) is 0.192. The van der Waals surface area contributed by atoms with Crippen LogP contribution < -0.4 is 10.9 Å². The number of para-hydroxylation sites is 1. The summed E-state index contributed by atoms with van der Waals surface area (Å²) in [7, 11) is 0. The third kappa shape index (κ3) is 5.34. The highest BCUT2D eigenvalue weighted by Gasteiger charge is 2.17. The van der Waals surface area contributed by atoms with Crippen molar-refractivity contribution < 1.29 is 13.6 Å². The lowest BCUT2D eigenvalue weighted by atomic mass is 10.1. The van der Waals surface area contributed by atoms with E-state index in [-0.39, 0.29) is 22.5 Å². The minimum atomic E-state index is -0.895. The lowest BCUT2D eigenvalue weighted by Gasteiger charge is -2.14. The largest absolute Gasteiger partial charge is 0.325 e. The third-order valence-electron chi connectivity index (χ3n) is 5.28. The molecule has 8 heteroatoms. The van der Waals surface area contributed by atoms with E-state index in [0.29, 0.717) is 22.7 Å². The number of thioether (sulfide) groups is 1. The standard InChI is InChI=1S/C26H23F2N3O2S/c1-2-3-6-17-9-12-19(13-10-17)29-24(32)16-34-26-30-22-8-5-4-7-20(22)25(33)31(26)23-14-11-18(27)15-21(23)28/h4-5,7-15H,2-3,6,16H2,1H3,(H,29,32). The number of nitrogens with zero attached hydrogens (tertiary/aromatic N) is 2. The number of aromatic nitrogens is 2. The summed E-state index contributed by atoms with van der Waals surface area (Å²) in [5, 5.41) is 3.26. The molecule has 3 aromatic carbocycles. The van der Waals surface area contributed by atoms with E-state index >= 15 is 0 Å². The zero-order chi connectivity index (χ0) is 24.1. The van der Waals surface area contributed by atoms with Crippen molar-refractivity contribution in [2.75, 3.05) is 11.1 Å². The molecule has 5 nitrogen and oxygen atoms in total. The number of carbonyl (C=O) groups excluding carboxylic acids is 1. The number of anilines is 1. The third-order valence-corrected chi connectivity index (χ3v) is 6.22. The molecule has 1 N–H and O–H groups in total. The Bertz CT molecular complexity index is 1390. The van der Waals surface area contributed by atoms with Crippen LogP contribution in [0.2, 0.25) is 0 Å². The van der Waals surface area contributed by atoms with Crippen molar-refractivity contribution in [2.24, 2.45) is 0 Å². The Morgan fingerprint density at radius 1 is 1.06 bits per heavy atom. The maximum atomic E-state index is 14.6.